The van der Waals surface area contributed by atoms with E-state index in [0.29, 0.717) is 44.5 Å². The number of thiophene rings is 2. The van der Waals surface area contributed by atoms with E-state index in [0.717, 1.165) is 15.3 Å². The molecule has 9 heteroatoms. The van der Waals surface area contributed by atoms with Crippen LogP contribution in [0.25, 0.3) is 0 Å². The fourth-order valence-electron chi connectivity index (χ4n) is 4.14. The number of nitrogens with one attached hydrogen (secondary N) is 2. The van der Waals surface area contributed by atoms with Crippen LogP contribution in [0.4, 0.5) is 4.79 Å². The van der Waals surface area contributed by atoms with Crippen LogP contribution >= 0.6 is 22.7 Å². The standard InChI is InChI=1S/C31H33N3O4S2/c35-29(25-13-5-2-6-14-25)33-28(17-7-8-18-32-31(37)38-23-24-11-3-1-4-12-24)30(36)34(21-26-15-9-19-39-26)22-27-16-10-20-40-27/h1-6,9-16,19-20,28H,7-8,17-18,21-23H2,(H,32,37)(H,33,35)/t28-/m0/s1. The molecule has 0 aliphatic heterocycles. The van der Waals surface area contributed by atoms with Crippen LogP contribution in [0.1, 0.15) is 44.9 Å². The molecule has 0 saturated heterocycles. The van der Waals surface area contributed by atoms with Crippen molar-refractivity contribution in [1.82, 2.24) is 15.5 Å². The van der Waals surface area contributed by atoms with Crippen molar-refractivity contribution in [2.45, 2.75) is 45.0 Å². The number of hydrogen-bond donors (Lipinski definition) is 2. The number of amides is 3. The third-order valence-corrected chi connectivity index (χ3v) is 7.93. The first-order chi connectivity index (χ1) is 19.6. The van der Waals surface area contributed by atoms with Crippen LogP contribution in [-0.4, -0.2) is 35.4 Å². The molecule has 1 atom stereocenters. The Morgan fingerprint density at radius 3 is 2.00 bits per heavy atom. The van der Waals surface area contributed by atoms with Gasteiger partial charge in [0.25, 0.3) is 5.91 Å². The van der Waals surface area contributed by atoms with E-state index in [9.17, 15) is 14.4 Å². The van der Waals surface area contributed by atoms with Crippen LogP contribution in [-0.2, 0) is 29.2 Å². The molecular formula is C31H33N3O4S2. The quantitative estimate of drug-likeness (QED) is 0.174. The highest BCUT2D eigenvalue weighted by molar-refractivity contribution is 7.10. The summed E-state index contributed by atoms with van der Waals surface area (Å²) in [6, 6.07) is 25.7. The van der Waals surface area contributed by atoms with Crippen molar-refractivity contribution >= 4 is 40.6 Å². The Kier molecular flexibility index (Phi) is 11.3. The maximum Gasteiger partial charge on any atom is 0.407 e. The second-order valence-electron chi connectivity index (χ2n) is 9.23. The third-order valence-electron chi connectivity index (χ3n) is 6.21. The molecule has 40 heavy (non-hydrogen) atoms. The summed E-state index contributed by atoms with van der Waals surface area (Å²) in [5.41, 5.74) is 1.43. The Bertz CT molecular complexity index is 1280. The zero-order valence-corrected chi connectivity index (χ0v) is 23.8. The predicted octanol–water partition coefficient (Wildman–Crippen LogP) is 6.23. The lowest BCUT2D eigenvalue weighted by atomic mass is 10.1. The van der Waals surface area contributed by atoms with Crippen molar-refractivity contribution < 1.29 is 19.1 Å². The van der Waals surface area contributed by atoms with Crippen LogP contribution in [0, 0.1) is 0 Å². The summed E-state index contributed by atoms with van der Waals surface area (Å²) in [6.07, 6.45) is 1.24. The lowest BCUT2D eigenvalue weighted by Crippen LogP contribution is -2.48. The number of carbonyl (C=O) groups is 3. The minimum absolute atomic E-state index is 0.124. The summed E-state index contributed by atoms with van der Waals surface area (Å²) in [5, 5.41) is 9.73. The maximum atomic E-state index is 13.9. The molecule has 4 rings (SSSR count). The van der Waals surface area contributed by atoms with Crippen molar-refractivity contribution in [2.75, 3.05) is 6.54 Å². The van der Waals surface area contributed by atoms with Gasteiger partial charge >= 0.3 is 6.09 Å². The highest BCUT2D eigenvalue weighted by Crippen LogP contribution is 2.19. The first-order valence-corrected chi connectivity index (χ1v) is 15.0. The highest BCUT2D eigenvalue weighted by atomic mass is 32.1. The summed E-state index contributed by atoms with van der Waals surface area (Å²) in [7, 11) is 0. The number of carbonyl (C=O) groups excluding carboxylic acids is 3. The van der Waals surface area contributed by atoms with Gasteiger partial charge in [-0.3, -0.25) is 9.59 Å². The van der Waals surface area contributed by atoms with E-state index < -0.39 is 12.1 Å². The topological polar surface area (TPSA) is 87.7 Å². The van der Waals surface area contributed by atoms with Crippen LogP contribution in [0.2, 0.25) is 0 Å². The molecule has 0 bridgehead atoms. The van der Waals surface area contributed by atoms with E-state index in [4.69, 9.17) is 4.74 Å². The number of nitrogens with zero attached hydrogens (tertiary/aromatic N) is 1. The maximum absolute atomic E-state index is 13.9. The van der Waals surface area contributed by atoms with Gasteiger partial charge in [-0.05, 0) is 59.9 Å². The molecule has 2 aromatic carbocycles. The van der Waals surface area contributed by atoms with E-state index >= 15 is 0 Å². The fourth-order valence-corrected chi connectivity index (χ4v) is 5.58. The summed E-state index contributed by atoms with van der Waals surface area (Å²) in [5.74, 6) is -0.407. The van der Waals surface area contributed by atoms with Gasteiger partial charge in [0.15, 0.2) is 0 Å². The smallest absolute Gasteiger partial charge is 0.407 e. The molecular weight excluding hydrogens is 542 g/mol. The number of unbranched alkanes of at least 4 members (excludes halogenated alkanes) is 1. The first kappa shape index (κ1) is 29.0. The van der Waals surface area contributed by atoms with Crippen LogP contribution in [0.5, 0.6) is 0 Å². The molecule has 208 valence electrons. The van der Waals surface area contributed by atoms with Crippen molar-refractivity contribution in [3.05, 3.63) is 117 Å². The third kappa shape index (κ3) is 9.36. The van der Waals surface area contributed by atoms with Gasteiger partial charge in [-0.25, -0.2) is 4.79 Å². The van der Waals surface area contributed by atoms with Gasteiger partial charge in [-0.15, -0.1) is 22.7 Å². The zero-order valence-electron chi connectivity index (χ0n) is 22.2. The number of ether oxygens (including phenoxy) is 1. The SMILES string of the molecule is O=C(NCCCC[C@H](NC(=O)c1ccccc1)C(=O)N(Cc1cccs1)Cc1cccs1)OCc1ccccc1. The van der Waals surface area contributed by atoms with Crippen molar-refractivity contribution in [3.63, 3.8) is 0 Å². The van der Waals surface area contributed by atoms with Crippen molar-refractivity contribution in [2.24, 2.45) is 0 Å². The monoisotopic (exact) mass is 575 g/mol. The van der Waals surface area contributed by atoms with E-state index in [1.807, 2.05) is 76.3 Å². The number of benzene rings is 2. The largest absolute Gasteiger partial charge is 0.445 e. The molecule has 2 heterocycles. The minimum Gasteiger partial charge on any atom is -0.445 e. The van der Waals surface area contributed by atoms with Crippen LogP contribution < -0.4 is 10.6 Å². The summed E-state index contributed by atoms with van der Waals surface area (Å²) >= 11 is 3.21. The van der Waals surface area contributed by atoms with Gasteiger partial charge < -0.3 is 20.3 Å². The molecule has 0 aliphatic carbocycles. The first-order valence-electron chi connectivity index (χ1n) is 13.2. The van der Waals surface area contributed by atoms with E-state index in [2.05, 4.69) is 10.6 Å². The van der Waals surface area contributed by atoms with E-state index in [1.54, 1.807) is 46.9 Å². The normalized spacial score (nSPS) is 11.4. The van der Waals surface area contributed by atoms with Gasteiger partial charge in [-0.1, -0.05) is 60.7 Å². The fraction of sp³-hybridized carbons (Fsp3) is 0.258. The van der Waals surface area contributed by atoms with Crippen LogP contribution in [0.3, 0.4) is 0 Å². The zero-order chi connectivity index (χ0) is 28.0. The Morgan fingerprint density at radius 2 is 1.40 bits per heavy atom. The molecule has 0 fully saturated rings. The average Bonchev–Trinajstić information content (AvgIpc) is 3.70. The molecule has 0 saturated carbocycles. The Morgan fingerprint density at radius 1 is 0.775 bits per heavy atom. The lowest BCUT2D eigenvalue weighted by Gasteiger charge is -2.27. The molecule has 0 unspecified atom stereocenters. The summed E-state index contributed by atoms with van der Waals surface area (Å²) in [6.45, 7) is 1.57. The summed E-state index contributed by atoms with van der Waals surface area (Å²) < 4.78 is 5.26. The van der Waals surface area contributed by atoms with Gasteiger partial charge in [0.1, 0.15) is 12.6 Å². The molecule has 0 spiro atoms. The van der Waals surface area contributed by atoms with Gasteiger partial charge in [0.05, 0.1) is 13.1 Å². The molecule has 0 radical (unpaired) electrons. The second-order valence-corrected chi connectivity index (χ2v) is 11.3. The lowest BCUT2D eigenvalue weighted by molar-refractivity contribution is -0.134. The van der Waals surface area contributed by atoms with Gasteiger partial charge in [0, 0.05) is 21.9 Å². The molecule has 0 aliphatic rings. The Balaban J connectivity index is 1.35. The van der Waals surface area contributed by atoms with E-state index in [1.165, 1.54) is 0 Å². The van der Waals surface area contributed by atoms with Crippen molar-refractivity contribution in [1.29, 1.82) is 0 Å². The average molecular weight is 576 g/mol. The van der Waals surface area contributed by atoms with Gasteiger partial charge in [0.2, 0.25) is 5.91 Å². The number of hydrogen-bond acceptors (Lipinski definition) is 6. The molecule has 3 amide bonds. The highest BCUT2D eigenvalue weighted by Gasteiger charge is 2.27. The number of rotatable bonds is 14. The second kappa shape index (κ2) is 15.6. The molecule has 4 aromatic rings. The molecule has 2 aromatic heterocycles. The number of alkyl carbamates (subject to hydrolysis) is 1. The van der Waals surface area contributed by atoms with Crippen LogP contribution in [0.15, 0.2) is 95.7 Å². The summed E-state index contributed by atoms with van der Waals surface area (Å²) in [4.78, 5) is 43.0. The Labute approximate surface area is 242 Å². The molecule has 2 N–H and O–H groups in total. The van der Waals surface area contributed by atoms with Crippen molar-refractivity contribution in [3.8, 4) is 0 Å². The van der Waals surface area contributed by atoms with E-state index in [-0.39, 0.29) is 18.4 Å². The minimum atomic E-state index is -0.697. The Hall–Kier alpha value is -3.95. The molecule has 7 nitrogen and oxygen atoms in total. The van der Waals surface area contributed by atoms with Gasteiger partial charge in [-0.2, -0.15) is 0 Å². The predicted molar refractivity (Wildman–Crippen MR) is 159 cm³/mol.